The molecule has 1 atom stereocenters. The summed E-state index contributed by atoms with van der Waals surface area (Å²) in [4.78, 5) is 2.36. The van der Waals surface area contributed by atoms with Crippen LogP contribution < -0.4 is 0 Å². The van der Waals surface area contributed by atoms with Crippen molar-refractivity contribution < 1.29 is 14.6 Å². The van der Waals surface area contributed by atoms with E-state index in [0.717, 1.165) is 32.4 Å². The summed E-state index contributed by atoms with van der Waals surface area (Å²) in [5.74, 6) is -0.514. The molecule has 1 heterocycles. The van der Waals surface area contributed by atoms with Gasteiger partial charge in [-0.2, -0.15) is 0 Å². The average Bonchev–Trinajstić information content (AvgIpc) is 2.55. The van der Waals surface area contributed by atoms with Gasteiger partial charge < -0.3 is 14.6 Å². The van der Waals surface area contributed by atoms with Crippen LogP contribution in [0.1, 0.15) is 32.3 Å². The summed E-state index contributed by atoms with van der Waals surface area (Å²) in [6, 6.07) is 10.6. The molecule has 1 N–H and O–H groups in total. The maximum atomic E-state index is 9.77. The van der Waals surface area contributed by atoms with Crippen LogP contribution in [0.3, 0.4) is 0 Å². The fourth-order valence-electron chi connectivity index (χ4n) is 3.31. The molecule has 1 saturated heterocycles. The molecule has 1 aliphatic rings. The Morgan fingerprint density at radius 3 is 2.45 bits per heavy atom. The van der Waals surface area contributed by atoms with E-state index in [4.69, 9.17) is 9.47 Å². The van der Waals surface area contributed by atoms with Crippen LogP contribution in [0.2, 0.25) is 0 Å². The van der Waals surface area contributed by atoms with Gasteiger partial charge in [-0.3, -0.25) is 4.90 Å². The van der Waals surface area contributed by atoms with Crippen molar-refractivity contribution in [3.63, 3.8) is 0 Å². The van der Waals surface area contributed by atoms with Crippen LogP contribution in [0, 0.1) is 0 Å². The largest absolute Gasteiger partial charge is 0.395 e. The lowest BCUT2D eigenvalue weighted by molar-refractivity contribution is -0.262. The van der Waals surface area contributed by atoms with Gasteiger partial charge >= 0.3 is 0 Å². The van der Waals surface area contributed by atoms with E-state index in [1.807, 2.05) is 19.9 Å². The molecule has 2 rings (SSSR count). The second-order valence-electron chi connectivity index (χ2n) is 5.84. The minimum absolute atomic E-state index is 0.107. The molecule has 0 radical (unpaired) electrons. The summed E-state index contributed by atoms with van der Waals surface area (Å²) in [5, 5.41) is 9.77. The van der Waals surface area contributed by atoms with E-state index in [1.165, 1.54) is 5.56 Å². The van der Waals surface area contributed by atoms with Crippen molar-refractivity contribution in [1.82, 2.24) is 4.90 Å². The number of hydrogen-bond acceptors (Lipinski definition) is 4. The van der Waals surface area contributed by atoms with E-state index < -0.39 is 5.79 Å². The van der Waals surface area contributed by atoms with Crippen LogP contribution in [0.25, 0.3) is 0 Å². The first-order valence-corrected chi connectivity index (χ1v) is 8.39. The lowest BCUT2D eigenvalue weighted by Gasteiger charge is -2.45. The molecule has 0 amide bonds. The second kappa shape index (κ2) is 8.63. The third-order valence-electron chi connectivity index (χ3n) is 4.40. The third kappa shape index (κ3) is 4.53. The number of rotatable bonds is 8. The number of piperidine rings is 1. The second-order valence-corrected chi connectivity index (χ2v) is 5.84. The molecule has 124 valence electrons. The summed E-state index contributed by atoms with van der Waals surface area (Å²) in [6.07, 6.45) is 2.60. The highest BCUT2D eigenvalue weighted by atomic mass is 16.7. The van der Waals surface area contributed by atoms with Gasteiger partial charge in [0.2, 0.25) is 0 Å². The smallest absolute Gasteiger partial charge is 0.171 e. The zero-order valence-corrected chi connectivity index (χ0v) is 13.8. The molecule has 0 unspecified atom stereocenters. The van der Waals surface area contributed by atoms with Gasteiger partial charge in [-0.15, -0.1) is 0 Å². The van der Waals surface area contributed by atoms with Crippen molar-refractivity contribution in [2.45, 2.75) is 44.9 Å². The van der Waals surface area contributed by atoms with Gasteiger partial charge in [0.05, 0.1) is 6.61 Å². The van der Waals surface area contributed by atoms with E-state index in [0.29, 0.717) is 13.2 Å². The van der Waals surface area contributed by atoms with Crippen LogP contribution in [0.15, 0.2) is 30.3 Å². The highest BCUT2D eigenvalue weighted by Gasteiger charge is 2.40. The minimum atomic E-state index is -0.514. The Morgan fingerprint density at radius 2 is 1.86 bits per heavy atom. The number of aliphatic hydroxyl groups is 1. The molecule has 4 nitrogen and oxygen atoms in total. The predicted molar refractivity (Wildman–Crippen MR) is 87.8 cm³/mol. The van der Waals surface area contributed by atoms with Crippen molar-refractivity contribution in [2.24, 2.45) is 0 Å². The number of likely N-dealkylation sites (tertiary alicyclic amines) is 1. The third-order valence-corrected chi connectivity index (χ3v) is 4.40. The quantitative estimate of drug-likeness (QED) is 0.749. The van der Waals surface area contributed by atoms with Gasteiger partial charge in [0.25, 0.3) is 0 Å². The van der Waals surface area contributed by atoms with Crippen LogP contribution in [-0.2, 0) is 15.9 Å². The van der Waals surface area contributed by atoms with E-state index in [2.05, 4.69) is 29.2 Å². The van der Waals surface area contributed by atoms with Gasteiger partial charge in [-0.25, -0.2) is 0 Å². The zero-order chi connectivity index (χ0) is 15.8. The Bertz CT molecular complexity index is 418. The van der Waals surface area contributed by atoms with E-state index in [1.54, 1.807) is 0 Å². The van der Waals surface area contributed by atoms with E-state index >= 15 is 0 Å². The first-order chi connectivity index (χ1) is 10.7. The Morgan fingerprint density at radius 1 is 1.18 bits per heavy atom. The number of ether oxygens (including phenoxy) is 2. The minimum Gasteiger partial charge on any atom is -0.395 e. The lowest BCUT2D eigenvalue weighted by atomic mass is 9.95. The molecule has 1 aliphatic heterocycles. The molecule has 0 aromatic heterocycles. The van der Waals surface area contributed by atoms with Crippen LogP contribution >= 0.6 is 0 Å². The highest BCUT2D eigenvalue weighted by molar-refractivity contribution is 5.15. The first-order valence-electron chi connectivity index (χ1n) is 8.39. The Kier molecular flexibility index (Phi) is 6.83. The predicted octanol–water partition coefficient (Wildman–Crippen LogP) is 2.46. The molecule has 1 fully saturated rings. The number of nitrogens with zero attached hydrogens (tertiary/aromatic N) is 1. The average molecular weight is 307 g/mol. The molecule has 0 aliphatic carbocycles. The monoisotopic (exact) mass is 307 g/mol. The molecule has 22 heavy (non-hydrogen) atoms. The van der Waals surface area contributed by atoms with E-state index in [-0.39, 0.29) is 12.6 Å². The normalized spacial score (nSPS) is 21.9. The van der Waals surface area contributed by atoms with Crippen molar-refractivity contribution >= 4 is 0 Å². The van der Waals surface area contributed by atoms with Crippen molar-refractivity contribution in [3.8, 4) is 0 Å². The maximum absolute atomic E-state index is 9.77. The summed E-state index contributed by atoms with van der Waals surface area (Å²) < 4.78 is 11.8. The first kappa shape index (κ1) is 17.4. The fourth-order valence-corrected chi connectivity index (χ4v) is 3.31. The van der Waals surface area contributed by atoms with Gasteiger partial charge in [0.1, 0.15) is 0 Å². The number of hydrogen-bond donors (Lipinski definition) is 1. The summed E-state index contributed by atoms with van der Waals surface area (Å²) in [6.45, 7) is 7.29. The molecular weight excluding hydrogens is 278 g/mol. The van der Waals surface area contributed by atoms with Crippen molar-refractivity contribution in [1.29, 1.82) is 0 Å². The standard InChI is InChI=1S/C18H29NO3/c1-3-21-18(22-4-2)11-13-19(17(14-18)15-20)12-10-16-8-6-5-7-9-16/h5-9,17,20H,3-4,10-15H2,1-2H3/t17-/m0/s1. The summed E-state index contributed by atoms with van der Waals surface area (Å²) in [5.41, 5.74) is 1.34. The Balaban J connectivity index is 1.94. The van der Waals surface area contributed by atoms with Gasteiger partial charge in [-0.05, 0) is 25.8 Å². The molecule has 0 saturated carbocycles. The van der Waals surface area contributed by atoms with E-state index in [9.17, 15) is 5.11 Å². The summed E-state index contributed by atoms with van der Waals surface area (Å²) in [7, 11) is 0. The lowest BCUT2D eigenvalue weighted by Crippen LogP contribution is -2.54. The zero-order valence-electron chi connectivity index (χ0n) is 13.8. The molecule has 0 spiro atoms. The Hall–Kier alpha value is -0.940. The van der Waals surface area contributed by atoms with Crippen molar-refractivity contribution in [3.05, 3.63) is 35.9 Å². The number of benzene rings is 1. The Labute approximate surface area is 134 Å². The van der Waals surface area contributed by atoms with Crippen molar-refractivity contribution in [2.75, 3.05) is 32.9 Å². The number of aliphatic hydroxyl groups excluding tert-OH is 1. The van der Waals surface area contributed by atoms with Crippen LogP contribution in [0.4, 0.5) is 0 Å². The molecular formula is C18H29NO3. The molecule has 0 bridgehead atoms. The van der Waals surface area contributed by atoms with Gasteiger partial charge in [0, 0.05) is 45.2 Å². The SMILES string of the molecule is CCOC1(OCC)CCN(CCc2ccccc2)[C@H](CO)C1. The highest BCUT2D eigenvalue weighted by Crippen LogP contribution is 2.31. The van der Waals surface area contributed by atoms with Crippen LogP contribution in [0.5, 0.6) is 0 Å². The summed E-state index contributed by atoms with van der Waals surface area (Å²) >= 11 is 0. The fraction of sp³-hybridized carbons (Fsp3) is 0.667. The maximum Gasteiger partial charge on any atom is 0.171 e. The topological polar surface area (TPSA) is 41.9 Å². The van der Waals surface area contributed by atoms with Crippen LogP contribution in [-0.4, -0.2) is 54.7 Å². The van der Waals surface area contributed by atoms with Gasteiger partial charge in [0.15, 0.2) is 5.79 Å². The molecule has 4 heteroatoms. The molecule has 1 aromatic rings. The molecule has 1 aromatic carbocycles. The van der Waals surface area contributed by atoms with Gasteiger partial charge in [-0.1, -0.05) is 30.3 Å².